The second-order valence-electron chi connectivity index (χ2n) is 7.79. The van der Waals surface area contributed by atoms with Crippen molar-refractivity contribution in [1.82, 2.24) is 4.90 Å². The van der Waals surface area contributed by atoms with Crippen LogP contribution in [0.3, 0.4) is 0 Å². The van der Waals surface area contributed by atoms with Gasteiger partial charge >= 0.3 is 0 Å². The molecule has 1 saturated heterocycles. The number of likely N-dealkylation sites (tertiary alicyclic amines) is 1. The van der Waals surface area contributed by atoms with Crippen molar-refractivity contribution in [3.8, 4) is 0 Å². The molecule has 0 amide bonds. The minimum absolute atomic E-state index is 0.654. The number of anilines is 2. The molecule has 1 unspecified atom stereocenters. The van der Waals surface area contributed by atoms with Crippen LogP contribution in [0.5, 0.6) is 0 Å². The van der Waals surface area contributed by atoms with Gasteiger partial charge < -0.3 is 10.2 Å². The number of nitrogens with zero attached hydrogens (tertiary/aromatic N) is 2. The van der Waals surface area contributed by atoms with Gasteiger partial charge in [0.15, 0.2) is 0 Å². The van der Waals surface area contributed by atoms with Crippen LogP contribution in [0, 0.1) is 6.92 Å². The lowest BCUT2D eigenvalue weighted by Gasteiger charge is -2.40. The first-order valence-corrected chi connectivity index (χ1v) is 9.73. The molecule has 25 heavy (non-hydrogen) atoms. The lowest BCUT2D eigenvalue weighted by atomic mass is 9.97. The summed E-state index contributed by atoms with van der Waals surface area (Å²) in [4.78, 5) is 5.34. The normalized spacial score (nSPS) is 23.4. The van der Waals surface area contributed by atoms with Gasteiger partial charge in [-0.25, -0.2) is 0 Å². The van der Waals surface area contributed by atoms with Crippen molar-refractivity contribution in [2.75, 3.05) is 30.0 Å². The molecule has 1 aliphatic carbocycles. The third-order valence-electron chi connectivity index (χ3n) is 6.47. The van der Waals surface area contributed by atoms with Crippen LogP contribution in [0.4, 0.5) is 11.4 Å². The maximum absolute atomic E-state index is 3.55. The molecule has 3 aliphatic rings. The first kappa shape index (κ1) is 15.3. The molecular formula is C22H27N3. The van der Waals surface area contributed by atoms with E-state index in [2.05, 4.69) is 64.5 Å². The number of piperidine rings is 1. The predicted molar refractivity (Wildman–Crippen MR) is 104 cm³/mol. The average Bonchev–Trinajstić information content (AvgIpc) is 3.27. The summed E-state index contributed by atoms with van der Waals surface area (Å²) in [5.41, 5.74) is 7.40. The number of para-hydroxylation sites is 2. The summed E-state index contributed by atoms with van der Waals surface area (Å²) in [6.45, 7) is 5.70. The van der Waals surface area contributed by atoms with Gasteiger partial charge in [-0.2, -0.15) is 0 Å². The number of aryl methyl sites for hydroxylation is 2. The molecule has 5 rings (SSSR count). The Bertz CT molecular complexity index is 777. The number of nitrogens with one attached hydrogen (secondary N) is 1. The molecule has 2 aromatic carbocycles. The van der Waals surface area contributed by atoms with Crippen molar-refractivity contribution in [2.24, 2.45) is 0 Å². The molecule has 2 aliphatic heterocycles. The van der Waals surface area contributed by atoms with E-state index in [9.17, 15) is 0 Å². The first-order valence-electron chi connectivity index (χ1n) is 9.73. The number of hydrogen-bond donors (Lipinski definition) is 1. The number of benzene rings is 2. The highest BCUT2D eigenvalue weighted by molar-refractivity contribution is 5.74. The van der Waals surface area contributed by atoms with Crippen LogP contribution in [-0.4, -0.2) is 30.7 Å². The van der Waals surface area contributed by atoms with Gasteiger partial charge in [-0.05, 0) is 61.4 Å². The van der Waals surface area contributed by atoms with Crippen LogP contribution < -0.4 is 10.2 Å². The van der Waals surface area contributed by atoms with E-state index in [0.29, 0.717) is 12.1 Å². The van der Waals surface area contributed by atoms with E-state index in [1.165, 1.54) is 55.7 Å². The highest BCUT2D eigenvalue weighted by Crippen LogP contribution is 2.40. The lowest BCUT2D eigenvalue weighted by Crippen LogP contribution is -2.45. The van der Waals surface area contributed by atoms with Gasteiger partial charge in [0.05, 0.1) is 18.0 Å². The highest BCUT2D eigenvalue weighted by Gasteiger charge is 2.34. The fourth-order valence-electron chi connectivity index (χ4n) is 5.20. The minimum Gasteiger partial charge on any atom is -0.366 e. The van der Waals surface area contributed by atoms with Gasteiger partial charge in [-0.15, -0.1) is 0 Å². The van der Waals surface area contributed by atoms with E-state index in [1.54, 1.807) is 11.1 Å². The highest BCUT2D eigenvalue weighted by atomic mass is 15.3. The molecule has 0 spiro atoms. The Morgan fingerprint density at radius 2 is 1.80 bits per heavy atom. The van der Waals surface area contributed by atoms with Crippen molar-refractivity contribution >= 4 is 11.4 Å². The van der Waals surface area contributed by atoms with Gasteiger partial charge in [-0.3, -0.25) is 4.90 Å². The molecule has 3 nitrogen and oxygen atoms in total. The predicted octanol–water partition coefficient (Wildman–Crippen LogP) is 4.34. The van der Waals surface area contributed by atoms with E-state index < -0.39 is 0 Å². The van der Waals surface area contributed by atoms with Gasteiger partial charge in [0, 0.05) is 25.2 Å². The molecule has 0 aromatic heterocycles. The summed E-state index contributed by atoms with van der Waals surface area (Å²) in [5.74, 6) is 0. The van der Waals surface area contributed by atoms with Crippen LogP contribution in [0.15, 0.2) is 42.5 Å². The van der Waals surface area contributed by atoms with E-state index in [0.717, 1.165) is 6.67 Å². The average molecular weight is 333 g/mol. The van der Waals surface area contributed by atoms with Crippen LogP contribution in [0.1, 0.15) is 42.0 Å². The quantitative estimate of drug-likeness (QED) is 0.882. The minimum atomic E-state index is 0.654. The van der Waals surface area contributed by atoms with Gasteiger partial charge in [0.1, 0.15) is 0 Å². The Labute approximate surface area is 150 Å². The van der Waals surface area contributed by atoms with Crippen LogP contribution in [0.2, 0.25) is 0 Å². The summed E-state index contributed by atoms with van der Waals surface area (Å²) in [5, 5.41) is 3.55. The smallest absolute Gasteiger partial charge is 0.0880 e. The van der Waals surface area contributed by atoms with E-state index in [4.69, 9.17) is 0 Å². The molecule has 1 fully saturated rings. The summed E-state index contributed by atoms with van der Waals surface area (Å²) in [7, 11) is 0. The van der Waals surface area contributed by atoms with Crippen molar-refractivity contribution in [2.45, 2.75) is 44.7 Å². The van der Waals surface area contributed by atoms with Gasteiger partial charge in [0.25, 0.3) is 0 Å². The summed E-state index contributed by atoms with van der Waals surface area (Å²) >= 11 is 0. The molecule has 2 heterocycles. The van der Waals surface area contributed by atoms with Gasteiger partial charge in [0.2, 0.25) is 0 Å². The fraction of sp³-hybridized carbons (Fsp3) is 0.455. The third kappa shape index (κ3) is 2.53. The standard InChI is InChI=1S/C22H27N3/c1-16-5-4-6-17-9-10-21(22(16)17)24-13-11-18(12-14-24)25-15-23-19-7-2-3-8-20(19)25/h2-8,18,21,23H,9-15H2,1H3. The number of fused-ring (bicyclic) bond motifs is 2. The molecule has 2 aromatic rings. The molecule has 0 bridgehead atoms. The maximum atomic E-state index is 3.55. The molecule has 130 valence electrons. The molecule has 1 atom stereocenters. The zero-order chi connectivity index (χ0) is 16.8. The van der Waals surface area contributed by atoms with E-state index in [1.807, 2.05) is 0 Å². The maximum Gasteiger partial charge on any atom is 0.0880 e. The summed E-state index contributed by atoms with van der Waals surface area (Å²) in [6, 6.07) is 16.9. The van der Waals surface area contributed by atoms with Crippen molar-refractivity contribution in [3.63, 3.8) is 0 Å². The van der Waals surface area contributed by atoms with Crippen molar-refractivity contribution in [3.05, 3.63) is 59.2 Å². The van der Waals surface area contributed by atoms with Crippen molar-refractivity contribution < 1.29 is 0 Å². The zero-order valence-electron chi connectivity index (χ0n) is 15.0. The van der Waals surface area contributed by atoms with Crippen LogP contribution in [0.25, 0.3) is 0 Å². The first-order chi connectivity index (χ1) is 12.3. The van der Waals surface area contributed by atoms with Crippen LogP contribution in [-0.2, 0) is 6.42 Å². The second kappa shape index (κ2) is 6.06. The molecule has 1 N–H and O–H groups in total. The number of hydrogen-bond acceptors (Lipinski definition) is 3. The Morgan fingerprint density at radius 3 is 2.68 bits per heavy atom. The lowest BCUT2D eigenvalue weighted by molar-refractivity contribution is 0.150. The topological polar surface area (TPSA) is 18.5 Å². The Kier molecular flexibility index (Phi) is 3.70. The molecular weight excluding hydrogens is 306 g/mol. The van der Waals surface area contributed by atoms with Crippen molar-refractivity contribution in [1.29, 1.82) is 0 Å². The van der Waals surface area contributed by atoms with E-state index >= 15 is 0 Å². The fourth-order valence-corrected chi connectivity index (χ4v) is 5.20. The Hall–Kier alpha value is -2.00. The zero-order valence-corrected chi connectivity index (χ0v) is 15.0. The largest absolute Gasteiger partial charge is 0.366 e. The second-order valence-corrected chi connectivity index (χ2v) is 7.79. The van der Waals surface area contributed by atoms with E-state index in [-0.39, 0.29) is 0 Å². The molecule has 3 heteroatoms. The number of rotatable bonds is 2. The Morgan fingerprint density at radius 1 is 0.960 bits per heavy atom. The molecule has 0 saturated carbocycles. The summed E-state index contributed by atoms with van der Waals surface area (Å²) < 4.78 is 0. The van der Waals surface area contributed by atoms with Gasteiger partial charge in [-0.1, -0.05) is 30.3 Å². The SMILES string of the molecule is Cc1cccc2c1C(N1CCC(N3CNc4ccccc43)CC1)CC2. The summed E-state index contributed by atoms with van der Waals surface area (Å²) in [6.07, 6.45) is 5.10. The van der Waals surface area contributed by atoms with Crippen LogP contribution >= 0.6 is 0 Å². The monoisotopic (exact) mass is 333 g/mol. The molecule has 0 radical (unpaired) electrons. The Balaban J connectivity index is 1.29. The third-order valence-corrected chi connectivity index (χ3v) is 6.47.